The Bertz CT molecular complexity index is 865. The Balaban J connectivity index is 1.77. The lowest BCUT2D eigenvalue weighted by Crippen LogP contribution is -2.01. The summed E-state index contributed by atoms with van der Waals surface area (Å²) >= 11 is 0. The van der Waals surface area contributed by atoms with Crippen molar-refractivity contribution in [3.05, 3.63) is 53.3 Å². The van der Waals surface area contributed by atoms with E-state index in [1.54, 1.807) is 0 Å². The highest BCUT2D eigenvalue weighted by Crippen LogP contribution is 2.28. The van der Waals surface area contributed by atoms with Crippen LogP contribution in [0.1, 0.15) is 16.8 Å². The van der Waals surface area contributed by atoms with E-state index in [0.717, 1.165) is 28.1 Å². The van der Waals surface area contributed by atoms with Gasteiger partial charge in [-0.1, -0.05) is 24.3 Å². The smallest absolute Gasteiger partial charge is 0.228 e. The second-order valence-electron chi connectivity index (χ2n) is 5.19. The maximum atomic E-state index is 4.66. The van der Waals surface area contributed by atoms with Crippen LogP contribution in [0, 0.1) is 6.92 Å². The van der Waals surface area contributed by atoms with Gasteiger partial charge in [-0.25, -0.2) is 9.97 Å². The summed E-state index contributed by atoms with van der Waals surface area (Å²) in [7, 11) is 0. The van der Waals surface area contributed by atoms with Crippen LogP contribution < -0.4 is 5.32 Å². The second-order valence-corrected chi connectivity index (χ2v) is 5.19. The number of aryl methyl sites for hydroxylation is 1. The molecule has 0 radical (unpaired) electrons. The number of H-pyrrole nitrogens is 1. The Hall–Kier alpha value is -3.02. The molecule has 4 rings (SSSR count). The summed E-state index contributed by atoms with van der Waals surface area (Å²) in [4.78, 5) is 13.5. The van der Waals surface area contributed by atoms with Gasteiger partial charge < -0.3 is 5.32 Å². The van der Waals surface area contributed by atoms with Crippen molar-refractivity contribution in [1.29, 1.82) is 0 Å². The lowest BCUT2D eigenvalue weighted by atomic mass is 10.0. The summed E-state index contributed by atoms with van der Waals surface area (Å²) in [5, 5.41) is 10.2. The maximum Gasteiger partial charge on any atom is 0.228 e. The number of nitrogens with zero attached hydrogens (tertiary/aromatic N) is 4. The Kier molecular flexibility index (Phi) is 2.93. The fourth-order valence-corrected chi connectivity index (χ4v) is 2.48. The summed E-state index contributed by atoms with van der Waals surface area (Å²) in [5.41, 5.74) is 5.06. The predicted molar refractivity (Wildman–Crippen MR) is 85.4 cm³/mol. The molecular formula is C16H14N6. The molecule has 0 bridgehead atoms. The number of aromatic amines is 1. The van der Waals surface area contributed by atoms with Gasteiger partial charge in [0.15, 0.2) is 5.82 Å². The summed E-state index contributed by atoms with van der Waals surface area (Å²) in [5.74, 6) is 1.23. The number of hydrogen-bond donors (Lipinski definition) is 2. The van der Waals surface area contributed by atoms with E-state index in [1.165, 1.54) is 0 Å². The van der Waals surface area contributed by atoms with Gasteiger partial charge in [0.2, 0.25) is 5.95 Å². The third kappa shape index (κ3) is 2.24. The Morgan fingerprint density at radius 3 is 3.00 bits per heavy atom. The van der Waals surface area contributed by atoms with Crippen molar-refractivity contribution in [1.82, 2.24) is 20.2 Å². The average Bonchev–Trinajstić information content (AvgIpc) is 2.84. The predicted octanol–water partition coefficient (Wildman–Crippen LogP) is 2.85. The average molecular weight is 290 g/mol. The molecule has 22 heavy (non-hydrogen) atoms. The zero-order chi connectivity index (χ0) is 14.9. The van der Waals surface area contributed by atoms with Crippen LogP contribution in [0.25, 0.3) is 11.3 Å². The van der Waals surface area contributed by atoms with E-state index in [2.05, 4.69) is 36.5 Å². The fraction of sp³-hybridized carbons (Fsp3) is 0.125. The molecule has 1 aliphatic heterocycles. The van der Waals surface area contributed by atoms with Crippen molar-refractivity contribution in [3.63, 3.8) is 0 Å². The SMILES string of the molecule is Cc1cc(Nc2ncc3c(n2)-c2ccccc2C=NC3)n[nH]1. The van der Waals surface area contributed by atoms with Gasteiger partial charge >= 0.3 is 0 Å². The molecule has 6 heteroatoms. The van der Waals surface area contributed by atoms with Gasteiger partial charge in [0.05, 0.1) is 12.2 Å². The van der Waals surface area contributed by atoms with Crippen LogP contribution in [-0.4, -0.2) is 26.4 Å². The number of rotatable bonds is 2. The molecular weight excluding hydrogens is 276 g/mol. The highest BCUT2D eigenvalue weighted by atomic mass is 15.2. The van der Waals surface area contributed by atoms with Crippen molar-refractivity contribution in [2.24, 2.45) is 4.99 Å². The molecule has 0 amide bonds. The van der Waals surface area contributed by atoms with E-state index >= 15 is 0 Å². The van der Waals surface area contributed by atoms with Crippen molar-refractivity contribution in [3.8, 4) is 11.3 Å². The van der Waals surface area contributed by atoms with Gasteiger partial charge in [0.25, 0.3) is 0 Å². The summed E-state index contributed by atoms with van der Waals surface area (Å²) < 4.78 is 0. The molecule has 0 fully saturated rings. The normalized spacial score (nSPS) is 12.4. The molecule has 0 unspecified atom stereocenters. The lowest BCUT2D eigenvalue weighted by molar-refractivity contribution is 1.02. The van der Waals surface area contributed by atoms with Crippen LogP contribution in [0.2, 0.25) is 0 Å². The lowest BCUT2D eigenvalue weighted by Gasteiger charge is -2.09. The van der Waals surface area contributed by atoms with E-state index in [1.807, 2.05) is 43.6 Å². The topological polar surface area (TPSA) is 78.8 Å². The van der Waals surface area contributed by atoms with E-state index < -0.39 is 0 Å². The Morgan fingerprint density at radius 1 is 1.23 bits per heavy atom. The number of hydrogen-bond acceptors (Lipinski definition) is 5. The van der Waals surface area contributed by atoms with Gasteiger partial charge in [-0.3, -0.25) is 10.1 Å². The Labute approximate surface area is 127 Å². The number of anilines is 2. The minimum absolute atomic E-state index is 0.530. The zero-order valence-electron chi connectivity index (χ0n) is 12.0. The van der Waals surface area contributed by atoms with Gasteiger partial charge in [0, 0.05) is 40.9 Å². The van der Waals surface area contributed by atoms with Gasteiger partial charge in [-0.15, -0.1) is 0 Å². The molecule has 0 spiro atoms. The third-order valence-corrected chi connectivity index (χ3v) is 3.52. The quantitative estimate of drug-likeness (QED) is 0.760. The molecule has 6 nitrogen and oxygen atoms in total. The molecule has 0 atom stereocenters. The highest BCUT2D eigenvalue weighted by Gasteiger charge is 2.15. The van der Waals surface area contributed by atoms with E-state index in [-0.39, 0.29) is 0 Å². The van der Waals surface area contributed by atoms with Crippen LogP contribution in [0.15, 0.2) is 41.5 Å². The summed E-state index contributed by atoms with van der Waals surface area (Å²) in [6.45, 7) is 2.54. The van der Waals surface area contributed by atoms with Crippen LogP contribution >= 0.6 is 0 Å². The molecule has 2 aromatic heterocycles. The molecule has 2 N–H and O–H groups in total. The number of nitrogens with one attached hydrogen (secondary N) is 2. The number of benzene rings is 1. The number of aromatic nitrogens is 4. The van der Waals surface area contributed by atoms with Crippen LogP contribution in [0.4, 0.5) is 11.8 Å². The van der Waals surface area contributed by atoms with Crippen molar-refractivity contribution in [2.75, 3.05) is 5.32 Å². The minimum atomic E-state index is 0.530. The van der Waals surface area contributed by atoms with E-state index in [9.17, 15) is 0 Å². The highest BCUT2D eigenvalue weighted by molar-refractivity contribution is 5.91. The van der Waals surface area contributed by atoms with Gasteiger partial charge in [-0.2, -0.15) is 5.10 Å². The monoisotopic (exact) mass is 290 g/mol. The first kappa shape index (κ1) is 12.7. The first-order valence-electron chi connectivity index (χ1n) is 7.04. The molecule has 108 valence electrons. The molecule has 3 aromatic rings. The molecule has 1 aliphatic rings. The zero-order valence-corrected chi connectivity index (χ0v) is 12.0. The number of aliphatic imine (C=N–C) groups is 1. The third-order valence-electron chi connectivity index (χ3n) is 3.52. The number of fused-ring (bicyclic) bond motifs is 3. The van der Waals surface area contributed by atoms with Crippen molar-refractivity contribution < 1.29 is 0 Å². The van der Waals surface area contributed by atoms with Crippen molar-refractivity contribution >= 4 is 18.0 Å². The van der Waals surface area contributed by atoms with Gasteiger partial charge in [-0.05, 0) is 6.92 Å². The minimum Gasteiger partial charge on any atom is -0.307 e. The first-order chi connectivity index (χ1) is 10.8. The van der Waals surface area contributed by atoms with Crippen molar-refractivity contribution in [2.45, 2.75) is 13.5 Å². The molecule has 0 saturated carbocycles. The van der Waals surface area contributed by atoms with Crippen LogP contribution in [0.5, 0.6) is 0 Å². The summed E-state index contributed by atoms with van der Waals surface area (Å²) in [6, 6.07) is 10.0. The molecule has 0 saturated heterocycles. The standard InChI is InChI=1S/C16H14N6/c1-10-6-14(22-21-10)19-16-18-9-12-8-17-7-11-4-2-3-5-13(11)15(12)20-16/h2-7,9H,8H2,1H3,(H2,18,19,20,21,22). The van der Waals surface area contributed by atoms with Gasteiger partial charge in [0.1, 0.15) is 0 Å². The largest absolute Gasteiger partial charge is 0.307 e. The fourth-order valence-electron chi connectivity index (χ4n) is 2.48. The molecule has 3 heterocycles. The summed E-state index contributed by atoms with van der Waals surface area (Å²) in [6.07, 6.45) is 3.71. The first-order valence-corrected chi connectivity index (χ1v) is 7.04. The maximum absolute atomic E-state index is 4.66. The molecule has 1 aromatic carbocycles. The van der Waals surface area contributed by atoms with E-state index in [0.29, 0.717) is 18.3 Å². The van der Waals surface area contributed by atoms with Crippen LogP contribution in [0.3, 0.4) is 0 Å². The molecule has 0 aliphatic carbocycles. The Morgan fingerprint density at radius 2 is 2.14 bits per heavy atom. The van der Waals surface area contributed by atoms with Crippen LogP contribution in [-0.2, 0) is 6.54 Å². The van der Waals surface area contributed by atoms with E-state index in [4.69, 9.17) is 0 Å². The second kappa shape index (κ2) is 5.07.